The number of rotatable bonds is 4. The molecule has 2 unspecified atom stereocenters. The second-order valence-corrected chi connectivity index (χ2v) is 4.96. The lowest BCUT2D eigenvalue weighted by atomic mass is 10.0. The largest absolute Gasteiger partial charge is 0.374 e. The second-order valence-electron chi connectivity index (χ2n) is 4.18. The van der Waals surface area contributed by atoms with Crippen molar-refractivity contribution >= 4 is 11.3 Å². The first-order chi connectivity index (χ1) is 7.86. The van der Waals surface area contributed by atoms with Gasteiger partial charge in [0.15, 0.2) is 0 Å². The highest BCUT2D eigenvalue weighted by molar-refractivity contribution is 7.07. The van der Waals surface area contributed by atoms with Crippen LogP contribution in [0.5, 0.6) is 0 Å². The van der Waals surface area contributed by atoms with E-state index in [2.05, 4.69) is 28.7 Å². The van der Waals surface area contributed by atoms with Crippen molar-refractivity contribution in [3.8, 4) is 0 Å². The van der Waals surface area contributed by atoms with Gasteiger partial charge in [-0.25, -0.2) is 0 Å². The first kappa shape index (κ1) is 12.0. The summed E-state index contributed by atoms with van der Waals surface area (Å²) in [5.74, 6) is 0. The Labute approximate surface area is 101 Å². The SMILES string of the molecule is CCCN1CCOC(CN)C1c1ccsc1. The lowest BCUT2D eigenvalue weighted by molar-refractivity contribution is -0.0675. The van der Waals surface area contributed by atoms with Crippen LogP contribution in [0.3, 0.4) is 0 Å². The molecule has 2 N–H and O–H groups in total. The first-order valence-corrected chi connectivity index (χ1v) is 6.89. The zero-order valence-electron chi connectivity index (χ0n) is 9.76. The van der Waals surface area contributed by atoms with Gasteiger partial charge in [-0.3, -0.25) is 4.90 Å². The van der Waals surface area contributed by atoms with E-state index in [1.165, 1.54) is 12.0 Å². The van der Waals surface area contributed by atoms with Crippen LogP contribution in [0.4, 0.5) is 0 Å². The molecule has 4 heteroatoms. The monoisotopic (exact) mass is 240 g/mol. The van der Waals surface area contributed by atoms with E-state index in [-0.39, 0.29) is 6.10 Å². The number of nitrogens with two attached hydrogens (primary N) is 1. The van der Waals surface area contributed by atoms with Gasteiger partial charge in [0.1, 0.15) is 0 Å². The van der Waals surface area contributed by atoms with E-state index in [4.69, 9.17) is 10.5 Å². The Bertz CT molecular complexity index is 300. The predicted octanol–water partition coefficient (Wildman–Crippen LogP) is 1.86. The molecule has 90 valence electrons. The van der Waals surface area contributed by atoms with Gasteiger partial charge in [0.2, 0.25) is 0 Å². The van der Waals surface area contributed by atoms with Crippen LogP contribution in [0.1, 0.15) is 24.9 Å². The average molecular weight is 240 g/mol. The molecule has 0 aromatic carbocycles. The third-order valence-electron chi connectivity index (χ3n) is 3.08. The fourth-order valence-electron chi connectivity index (χ4n) is 2.39. The molecule has 0 saturated carbocycles. The molecular formula is C12H20N2OS. The van der Waals surface area contributed by atoms with Crippen LogP contribution in [0.15, 0.2) is 16.8 Å². The van der Waals surface area contributed by atoms with Crippen molar-refractivity contribution in [2.75, 3.05) is 26.2 Å². The van der Waals surface area contributed by atoms with Crippen molar-refractivity contribution in [2.45, 2.75) is 25.5 Å². The van der Waals surface area contributed by atoms with E-state index < -0.39 is 0 Å². The van der Waals surface area contributed by atoms with Crippen molar-refractivity contribution in [2.24, 2.45) is 5.73 Å². The third kappa shape index (κ3) is 2.46. The van der Waals surface area contributed by atoms with E-state index >= 15 is 0 Å². The summed E-state index contributed by atoms with van der Waals surface area (Å²) in [6.07, 6.45) is 1.33. The molecule has 1 fully saturated rings. The van der Waals surface area contributed by atoms with Crippen molar-refractivity contribution < 1.29 is 4.74 Å². The zero-order valence-corrected chi connectivity index (χ0v) is 10.6. The summed E-state index contributed by atoms with van der Waals surface area (Å²) in [7, 11) is 0. The molecule has 3 nitrogen and oxygen atoms in total. The molecule has 0 amide bonds. The summed E-state index contributed by atoms with van der Waals surface area (Å²) in [4.78, 5) is 2.50. The van der Waals surface area contributed by atoms with Crippen LogP contribution >= 0.6 is 11.3 Å². The van der Waals surface area contributed by atoms with Crippen molar-refractivity contribution in [3.05, 3.63) is 22.4 Å². The Balaban J connectivity index is 2.17. The molecule has 1 aromatic heterocycles. The van der Waals surface area contributed by atoms with E-state index in [9.17, 15) is 0 Å². The zero-order chi connectivity index (χ0) is 11.4. The van der Waals surface area contributed by atoms with Crippen LogP contribution in [-0.4, -0.2) is 37.2 Å². The van der Waals surface area contributed by atoms with Crippen LogP contribution < -0.4 is 5.73 Å². The maximum atomic E-state index is 5.81. The predicted molar refractivity (Wildman–Crippen MR) is 67.7 cm³/mol. The Morgan fingerprint density at radius 2 is 2.50 bits per heavy atom. The van der Waals surface area contributed by atoms with Gasteiger partial charge in [0.05, 0.1) is 18.8 Å². The minimum atomic E-state index is 0.148. The highest BCUT2D eigenvalue weighted by Crippen LogP contribution is 2.30. The van der Waals surface area contributed by atoms with E-state index in [0.717, 1.165) is 19.7 Å². The summed E-state index contributed by atoms with van der Waals surface area (Å²) >= 11 is 1.74. The van der Waals surface area contributed by atoms with E-state index in [1.54, 1.807) is 11.3 Å². The van der Waals surface area contributed by atoms with Gasteiger partial charge in [0, 0.05) is 13.1 Å². The Kier molecular flexibility index (Phi) is 4.35. The first-order valence-electron chi connectivity index (χ1n) is 5.94. The average Bonchev–Trinajstić information content (AvgIpc) is 2.82. The van der Waals surface area contributed by atoms with Crippen LogP contribution in [0.2, 0.25) is 0 Å². The standard InChI is InChI=1S/C12H20N2OS/c1-2-4-14-5-6-15-11(8-13)12(14)10-3-7-16-9-10/h3,7,9,11-12H,2,4-6,8,13H2,1H3. The minimum Gasteiger partial charge on any atom is -0.374 e. The molecule has 0 radical (unpaired) electrons. The normalized spacial score (nSPS) is 27.1. The quantitative estimate of drug-likeness (QED) is 0.873. The molecule has 0 aliphatic carbocycles. The molecule has 1 aliphatic rings. The summed E-state index contributed by atoms with van der Waals surface area (Å²) in [6, 6.07) is 2.54. The summed E-state index contributed by atoms with van der Waals surface area (Å²) in [5.41, 5.74) is 7.17. The highest BCUT2D eigenvalue weighted by atomic mass is 32.1. The molecule has 2 heterocycles. The number of hydrogen-bond acceptors (Lipinski definition) is 4. The molecule has 0 spiro atoms. The van der Waals surface area contributed by atoms with Crippen molar-refractivity contribution in [3.63, 3.8) is 0 Å². The smallest absolute Gasteiger partial charge is 0.0894 e. The van der Waals surface area contributed by atoms with Gasteiger partial charge < -0.3 is 10.5 Å². The maximum Gasteiger partial charge on any atom is 0.0894 e. The molecule has 16 heavy (non-hydrogen) atoms. The summed E-state index contributed by atoms with van der Waals surface area (Å²) in [5, 5.41) is 4.34. The Morgan fingerprint density at radius 3 is 3.12 bits per heavy atom. The molecule has 1 aromatic rings. The summed E-state index contributed by atoms with van der Waals surface area (Å²) in [6.45, 7) is 5.77. The molecule has 1 aliphatic heterocycles. The van der Waals surface area contributed by atoms with Gasteiger partial charge in [0.25, 0.3) is 0 Å². The minimum absolute atomic E-state index is 0.148. The van der Waals surface area contributed by atoms with Crippen LogP contribution in [0.25, 0.3) is 0 Å². The number of morpholine rings is 1. The maximum absolute atomic E-state index is 5.81. The van der Waals surface area contributed by atoms with Crippen LogP contribution in [0, 0.1) is 0 Å². The molecule has 0 bridgehead atoms. The van der Waals surface area contributed by atoms with Crippen LogP contribution in [-0.2, 0) is 4.74 Å². The topological polar surface area (TPSA) is 38.5 Å². The lowest BCUT2D eigenvalue weighted by Crippen LogP contribution is -2.48. The van der Waals surface area contributed by atoms with Gasteiger partial charge in [-0.15, -0.1) is 0 Å². The number of hydrogen-bond donors (Lipinski definition) is 1. The fourth-order valence-corrected chi connectivity index (χ4v) is 3.08. The Morgan fingerprint density at radius 1 is 1.62 bits per heavy atom. The fraction of sp³-hybridized carbons (Fsp3) is 0.667. The second kappa shape index (κ2) is 5.77. The number of thiophene rings is 1. The van der Waals surface area contributed by atoms with Gasteiger partial charge in [-0.1, -0.05) is 6.92 Å². The summed E-state index contributed by atoms with van der Waals surface area (Å²) < 4.78 is 5.78. The highest BCUT2D eigenvalue weighted by Gasteiger charge is 2.32. The lowest BCUT2D eigenvalue weighted by Gasteiger charge is -2.40. The molecule has 2 rings (SSSR count). The number of nitrogens with zero attached hydrogens (tertiary/aromatic N) is 1. The Hall–Kier alpha value is -0.420. The van der Waals surface area contributed by atoms with Gasteiger partial charge >= 0.3 is 0 Å². The van der Waals surface area contributed by atoms with Crippen molar-refractivity contribution in [1.82, 2.24) is 4.90 Å². The van der Waals surface area contributed by atoms with Gasteiger partial charge in [-0.05, 0) is 35.4 Å². The van der Waals surface area contributed by atoms with Gasteiger partial charge in [-0.2, -0.15) is 11.3 Å². The molecular weight excluding hydrogens is 220 g/mol. The molecule has 1 saturated heterocycles. The third-order valence-corrected chi connectivity index (χ3v) is 3.79. The van der Waals surface area contributed by atoms with Crippen molar-refractivity contribution in [1.29, 1.82) is 0 Å². The molecule has 2 atom stereocenters. The number of ether oxygens (including phenoxy) is 1. The van der Waals surface area contributed by atoms with E-state index in [0.29, 0.717) is 12.6 Å². The van der Waals surface area contributed by atoms with E-state index in [1.807, 2.05) is 0 Å².